The van der Waals surface area contributed by atoms with Crippen LogP contribution in [0.3, 0.4) is 0 Å². The molecule has 1 aliphatic carbocycles. The second kappa shape index (κ2) is 7.37. The molecule has 0 spiro atoms. The van der Waals surface area contributed by atoms with E-state index in [-0.39, 0.29) is 36.1 Å². The predicted octanol–water partition coefficient (Wildman–Crippen LogP) is -0.357. The van der Waals surface area contributed by atoms with Crippen molar-refractivity contribution in [2.45, 2.75) is 50.3 Å². The molecule has 0 aromatic carbocycles. The molecule has 3 aliphatic rings. The van der Waals surface area contributed by atoms with Crippen molar-refractivity contribution in [1.82, 2.24) is 15.5 Å². The van der Waals surface area contributed by atoms with Crippen molar-refractivity contribution in [1.29, 1.82) is 0 Å². The number of sulfone groups is 1. The first kappa shape index (κ1) is 17.6. The van der Waals surface area contributed by atoms with Crippen LogP contribution < -0.4 is 10.6 Å². The number of carbonyl (C=O) groups is 2. The maximum Gasteiger partial charge on any atom is 0.321 e. The third-order valence-corrected chi connectivity index (χ3v) is 6.78. The largest absolute Gasteiger partial charge is 0.375 e. The predicted molar refractivity (Wildman–Crippen MR) is 87.3 cm³/mol. The number of hydrogen-bond acceptors (Lipinski definition) is 6. The smallest absolute Gasteiger partial charge is 0.321 e. The minimum atomic E-state index is -3.06. The van der Waals surface area contributed by atoms with Crippen molar-refractivity contribution in [2.24, 2.45) is 0 Å². The van der Waals surface area contributed by atoms with Crippen LogP contribution in [-0.4, -0.2) is 74.6 Å². The summed E-state index contributed by atoms with van der Waals surface area (Å²) in [5.41, 5.74) is 0. The minimum Gasteiger partial charge on any atom is -0.375 e. The van der Waals surface area contributed by atoms with Crippen LogP contribution in [0.2, 0.25) is 0 Å². The molecular weight excluding hydrogens is 334 g/mol. The summed E-state index contributed by atoms with van der Waals surface area (Å²) in [6.07, 6.45) is 4.94. The monoisotopic (exact) mass is 359 g/mol. The first-order valence-corrected chi connectivity index (χ1v) is 10.4. The molecule has 3 fully saturated rings. The third kappa shape index (κ3) is 4.46. The number of urea groups is 1. The van der Waals surface area contributed by atoms with Gasteiger partial charge in [-0.25, -0.2) is 13.2 Å². The molecule has 8 nitrogen and oxygen atoms in total. The van der Waals surface area contributed by atoms with E-state index < -0.39 is 21.9 Å². The van der Waals surface area contributed by atoms with Gasteiger partial charge in [0.1, 0.15) is 0 Å². The SMILES string of the molecule is O=C(CN1CCOC2CCCCC21)NC(=O)NC1CCS(=O)(=O)C1. The second-order valence-corrected chi connectivity index (χ2v) is 9.08. The molecule has 24 heavy (non-hydrogen) atoms. The fourth-order valence-electron chi connectivity index (χ4n) is 3.85. The molecule has 9 heteroatoms. The molecule has 2 N–H and O–H groups in total. The zero-order valence-electron chi connectivity index (χ0n) is 13.7. The Bertz CT molecular complexity index is 592. The van der Waals surface area contributed by atoms with Crippen LogP contribution in [-0.2, 0) is 19.4 Å². The van der Waals surface area contributed by atoms with E-state index in [0.717, 1.165) is 25.7 Å². The Labute approximate surface area is 142 Å². The van der Waals surface area contributed by atoms with Gasteiger partial charge < -0.3 is 10.1 Å². The maximum atomic E-state index is 12.1. The molecule has 0 radical (unpaired) electrons. The highest BCUT2D eigenvalue weighted by Crippen LogP contribution is 2.28. The summed E-state index contributed by atoms with van der Waals surface area (Å²) < 4.78 is 28.5. The van der Waals surface area contributed by atoms with Gasteiger partial charge in [0, 0.05) is 18.6 Å². The molecule has 2 heterocycles. The second-order valence-electron chi connectivity index (χ2n) is 6.85. The number of amides is 3. The molecule has 3 rings (SSSR count). The zero-order chi connectivity index (χ0) is 17.2. The van der Waals surface area contributed by atoms with E-state index in [9.17, 15) is 18.0 Å². The maximum absolute atomic E-state index is 12.1. The van der Waals surface area contributed by atoms with Crippen molar-refractivity contribution < 1.29 is 22.7 Å². The number of nitrogens with one attached hydrogen (secondary N) is 2. The lowest BCUT2D eigenvalue weighted by atomic mass is 9.90. The van der Waals surface area contributed by atoms with Crippen molar-refractivity contribution >= 4 is 21.8 Å². The van der Waals surface area contributed by atoms with E-state index in [4.69, 9.17) is 4.74 Å². The van der Waals surface area contributed by atoms with Crippen molar-refractivity contribution in [2.75, 3.05) is 31.2 Å². The van der Waals surface area contributed by atoms with Gasteiger partial charge in [0.25, 0.3) is 0 Å². The number of carbonyl (C=O) groups excluding carboxylic acids is 2. The molecule has 3 amide bonds. The van der Waals surface area contributed by atoms with E-state index in [0.29, 0.717) is 19.6 Å². The Hall–Kier alpha value is -1.19. The molecule has 0 bridgehead atoms. The van der Waals surface area contributed by atoms with Crippen molar-refractivity contribution in [3.05, 3.63) is 0 Å². The van der Waals surface area contributed by atoms with Gasteiger partial charge in [-0.3, -0.25) is 15.0 Å². The average Bonchev–Trinajstić information content (AvgIpc) is 2.86. The van der Waals surface area contributed by atoms with Gasteiger partial charge in [-0.05, 0) is 19.3 Å². The van der Waals surface area contributed by atoms with Crippen LogP contribution in [0, 0.1) is 0 Å². The van der Waals surface area contributed by atoms with Gasteiger partial charge in [0.15, 0.2) is 9.84 Å². The summed E-state index contributed by atoms with van der Waals surface area (Å²) in [7, 11) is -3.06. The Morgan fingerprint density at radius 2 is 1.96 bits per heavy atom. The number of fused-ring (bicyclic) bond motifs is 1. The Kier molecular flexibility index (Phi) is 5.41. The van der Waals surface area contributed by atoms with Crippen molar-refractivity contribution in [3.63, 3.8) is 0 Å². The number of hydrogen-bond donors (Lipinski definition) is 2. The van der Waals surface area contributed by atoms with E-state index in [1.165, 1.54) is 0 Å². The van der Waals surface area contributed by atoms with E-state index in [2.05, 4.69) is 15.5 Å². The van der Waals surface area contributed by atoms with Crippen LogP contribution in [0.5, 0.6) is 0 Å². The van der Waals surface area contributed by atoms with Gasteiger partial charge in [-0.2, -0.15) is 0 Å². The summed E-state index contributed by atoms with van der Waals surface area (Å²) in [6, 6.07) is -0.772. The summed E-state index contributed by atoms with van der Waals surface area (Å²) >= 11 is 0. The lowest BCUT2D eigenvalue weighted by Crippen LogP contribution is -2.56. The van der Waals surface area contributed by atoms with Crippen LogP contribution in [0.1, 0.15) is 32.1 Å². The quantitative estimate of drug-likeness (QED) is 0.713. The van der Waals surface area contributed by atoms with Gasteiger partial charge >= 0.3 is 6.03 Å². The number of nitrogens with zero attached hydrogens (tertiary/aromatic N) is 1. The first-order chi connectivity index (χ1) is 11.4. The number of rotatable bonds is 3. The molecular formula is C15H25N3O5S. The molecule has 2 aliphatic heterocycles. The highest BCUT2D eigenvalue weighted by Gasteiger charge is 2.35. The number of imide groups is 1. The normalized spacial score (nSPS) is 32.8. The summed E-state index contributed by atoms with van der Waals surface area (Å²) in [5.74, 6) is -0.329. The third-order valence-electron chi connectivity index (χ3n) is 5.01. The van der Waals surface area contributed by atoms with Gasteiger partial charge in [-0.15, -0.1) is 0 Å². The Morgan fingerprint density at radius 1 is 1.17 bits per heavy atom. The molecule has 2 saturated heterocycles. The van der Waals surface area contributed by atoms with E-state index >= 15 is 0 Å². The van der Waals surface area contributed by atoms with Crippen LogP contribution >= 0.6 is 0 Å². The zero-order valence-corrected chi connectivity index (χ0v) is 14.5. The van der Waals surface area contributed by atoms with E-state index in [1.54, 1.807) is 0 Å². The van der Waals surface area contributed by atoms with Crippen LogP contribution in [0.4, 0.5) is 4.79 Å². The summed E-state index contributed by atoms with van der Waals surface area (Å²) in [4.78, 5) is 26.1. The fraction of sp³-hybridized carbons (Fsp3) is 0.867. The molecule has 1 saturated carbocycles. The van der Waals surface area contributed by atoms with Gasteiger partial charge in [0.2, 0.25) is 5.91 Å². The fourth-order valence-corrected chi connectivity index (χ4v) is 5.53. The Balaban J connectivity index is 1.45. The topological polar surface area (TPSA) is 105 Å². The lowest BCUT2D eigenvalue weighted by molar-refractivity contribution is -0.128. The van der Waals surface area contributed by atoms with Gasteiger partial charge in [-0.1, -0.05) is 12.8 Å². The average molecular weight is 359 g/mol. The standard InChI is InChI=1S/C15H25N3O5S/c19-14(17-15(20)16-11-5-8-24(21,22)10-11)9-18-6-7-23-13-4-2-1-3-12(13)18/h11-13H,1-10H2,(H2,16,17,19,20). The molecule has 3 atom stereocenters. The molecule has 0 aromatic rings. The summed E-state index contributed by atoms with van der Waals surface area (Å²) in [5, 5.41) is 4.88. The number of ether oxygens (including phenoxy) is 1. The van der Waals surface area contributed by atoms with E-state index in [1.807, 2.05) is 0 Å². The first-order valence-electron chi connectivity index (χ1n) is 8.59. The minimum absolute atomic E-state index is 0.0537. The van der Waals surface area contributed by atoms with Gasteiger partial charge in [0.05, 0.1) is 30.8 Å². The molecule has 3 unspecified atom stereocenters. The molecule has 136 valence electrons. The Morgan fingerprint density at radius 3 is 2.71 bits per heavy atom. The van der Waals surface area contributed by atoms with Crippen molar-refractivity contribution in [3.8, 4) is 0 Å². The lowest BCUT2D eigenvalue weighted by Gasteiger charge is -2.43. The molecule has 0 aromatic heterocycles. The highest BCUT2D eigenvalue weighted by atomic mass is 32.2. The summed E-state index contributed by atoms with van der Waals surface area (Å²) in [6.45, 7) is 1.47. The van der Waals surface area contributed by atoms with Crippen LogP contribution in [0.25, 0.3) is 0 Å². The highest BCUT2D eigenvalue weighted by molar-refractivity contribution is 7.91. The van der Waals surface area contributed by atoms with Crippen LogP contribution in [0.15, 0.2) is 0 Å². The number of morpholine rings is 1.